The van der Waals surface area contributed by atoms with E-state index in [2.05, 4.69) is 10.3 Å². The van der Waals surface area contributed by atoms with E-state index in [0.717, 1.165) is 5.52 Å². The van der Waals surface area contributed by atoms with Crippen molar-refractivity contribution >= 4 is 33.1 Å². The third kappa shape index (κ3) is 4.53. The van der Waals surface area contributed by atoms with Gasteiger partial charge in [0.25, 0.3) is 5.91 Å². The number of aromatic amines is 1. The van der Waals surface area contributed by atoms with Gasteiger partial charge in [0, 0.05) is 14.7 Å². The standard InChI is InChI=1S/C14H10N2O2S.2C2H6.2H2/c17-12-10(8-15-11-6-7-19-13(11)12)14(18)16-9-4-2-1-3-5-9;2*1-2;;/h1-8H,(H,15,17)(H,16,18);2*1-2H3;2*1H. The molecular weight excluding hydrogens is 308 g/mol. The number of fused-ring (bicyclic) bond motifs is 1. The van der Waals surface area contributed by atoms with Crippen molar-refractivity contribution in [3.05, 3.63) is 63.8 Å². The number of carbonyl (C=O) groups is 1. The van der Waals surface area contributed by atoms with Crippen LogP contribution in [0.5, 0.6) is 0 Å². The van der Waals surface area contributed by atoms with Gasteiger partial charge in [0.2, 0.25) is 5.43 Å². The summed E-state index contributed by atoms with van der Waals surface area (Å²) in [7, 11) is 0. The molecule has 2 N–H and O–H groups in total. The number of para-hydroxylation sites is 1. The fourth-order valence-electron chi connectivity index (χ4n) is 1.83. The van der Waals surface area contributed by atoms with Crippen LogP contribution in [0, 0.1) is 0 Å². The van der Waals surface area contributed by atoms with E-state index >= 15 is 0 Å². The zero-order valence-corrected chi connectivity index (χ0v) is 14.7. The number of thiophene rings is 1. The lowest BCUT2D eigenvalue weighted by Crippen LogP contribution is -2.21. The molecule has 0 saturated carbocycles. The summed E-state index contributed by atoms with van der Waals surface area (Å²) < 4.78 is 0.570. The number of aromatic nitrogens is 1. The summed E-state index contributed by atoms with van der Waals surface area (Å²) in [4.78, 5) is 27.2. The summed E-state index contributed by atoms with van der Waals surface area (Å²) in [5.41, 5.74) is 1.31. The highest BCUT2D eigenvalue weighted by Gasteiger charge is 2.13. The molecule has 0 spiro atoms. The minimum absolute atomic E-state index is 0. The predicted octanol–water partition coefficient (Wildman–Crippen LogP) is 5.39. The van der Waals surface area contributed by atoms with E-state index in [4.69, 9.17) is 0 Å². The molecule has 5 heteroatoms. The second-order valence-corrected chi connectivity index (χ2v) is 4.93. The van der Waals surface area contributed by atoms with Crippen molar-refractivity contribution in [2.45, 2.75) is 27.7 Å². The molecule has 2 heterocycles. The van der Waals surface area contributed by atoms with E-state index in [-0.39, 0.29) is 13.8 Å². The number of anilines is 1. The van der Waals surface area contributed by atoms with E-state index in [9.17, 15) is 9.59 Å². The Morgan fingerprint density at radius 1 is 1.09 bits per heavy atom. The van der Waals surface area contributed by atoms with Crippen LogP contribution in [-0.2, 0) is 0 Å². The molecule has 2 aromatic heterocycles. The van der Waals surface area contributed by atoms with Crippen LogP contribution in [0.2, 0.25) is 0 Å². The molecule has 23 heavy (non-hydrogen) atoms. The van der Waals surface area contributed by atoms with Crippen LogP contribution in [0.1, 0.15) is 40.9 Å². The van der Waals surface area contributed by atoms with E-state index in [1.54, 1.807) is 12.1 Å². The lowest BCUT2D eigenvalue weighted by molar-refractivity contribution is 0.102. The quantitative estimate of drug-likeness (QED) is 0.660. The van der Waals surface area contributed by atoms with Crippen molar-refractivity contribution in [3.63, 3.8) is 0 Å². The number of rotatable bonds is 2. The Balaban J connectivity index is 0. The third-order valence-corrected chi connectivity index (χ3v) is 3.68. The Morgan fingerprint density at radius 2 is 1.74 bits per heavy atom. The average Bonchev–Trinajstić information content (AvgIpc) is 3.09. The van der Waals surface area contributed by atoms with Gasteiger partial charge in [-0.25, -0.2) is 0 Å². The summed E-state index contributed by atoms with van der Waals surface area (Å²) in [5, 5.41) is 4.52. The molecule has 0 bridgehead atoms. The molecule has 126 valence electrons. The molecule has 0 aliphatic carbocycles. The fourth-order valence-corrected chi connectivity index (χ4v) is 2.64. The zero-order chi connectivity index (χ0) is 17.2. The number of hydrogen-bond donors (Lipinski definition) is 2. The molecule has 0 saturated heterocycles. The van der Waals surface area contributed by atoms with Gasteiger partial charge in [-0.3, -0.25) is 9.59 Å². The molecule has 3 rings (SSSR count). The van der Waals surface area contributed by atoms with E-state index < -0.39 is 5.91 Å². The molecule has 0 aliphatic rings. The van der Waals surface area contributed by atoms with Crippen LogP contribution in [0.15, 0.2) is 52.8 Å². The van der Waals surface area contributed by atoms with Gasteiger partial charge in [0.1, 0.15) is 5.56 Å². The summed E-state index contributed by atoms with van der Waals surface area (Å²) >= 11 is 1.33. The van der Waals surface area contributed by atoms with Gasteiger partial charge in [-0.15, -0.1) is 11.3 Å². The molecule has 0 atom stereocenters. The van der Waals surface area contributed by atoms with Crippen molar-refractivity contribution < 1.29 is 7.65 Å². The number of pyridine rings is 1. The van der Waals surface area contributed by atoms with E-state index in [0.29, 0.717) is 10.4 Å². The highest BCUT2D eigenvalue weighted by atomic mass is 32.1. The fraction of sp³-hybridized carbons (Fsp3) is 0.222. The van der Waals surface area contributed by atoms with Gasteiger partial charge in [0.15, 0.2) is 0 Å². The van der Waals surface area contributed by atoms with Gasteiger partial charge in [-0.05, 0) is 23.6 Å². The highest BCUT2D eigenvalue weighted by Crippen LogP contribution is 2.15. The lowest BCUT2D eigenvalue weighted by atomic mass is 10.2. The number of hydrogen-bond acceptors (Lipinski definition) is 3. The molecule has 4 nitrogen and oxygen atoms in total. The van der Waals surface area contributed by atoms with Crippen LogP contribution in [0.3, 0.4) is 0 Å². The maximum Gasteiger partial charge on any atom is 0.261 e. The van der Waals surface area contributed by atoms with E-state index in [1.807, 2.05) is 57.3 Å². The first-order valence-corrected chi connectivity index (χ1v) is 8.59. The van der Waals surface area contributed by atoms with Crippen molar-refractivity contribution in [3.8, 4) is 0 Å². The largest absolute Gasteiger partial charge is 0.359 e. The second kappa shape index (κ2) is 9.58. The molecule has 0 fully saturated rings. The Hall–Kier alpha value is -2.40. The van der Waals surface area contributed by atoms with Gasteiger partial charge in [0.05, 0.1) is 10.2 Å². The molecule has 3 aromatic rings. The summed E-state index contributed by atoms with van der Waals surface area (Å²) in [6.07, 6.45) is 1.45. The Bertz CT molecular complexity index is 801. The molecular formula is C18H26N2O2S. The Labute approximate surface area is 143 Å². The zero-order valence-electron chi connectivity index (χ0n) is 13.8. The first-order valence-electron chi connectivity index (χ1n) is 7.71. The topological polar surface area (TPSA) is 62.0 Å². The first kappa shape index (κ1) is 18.6. The highest BCUT2D eigenvalue weighted by molar-refractivity contribution is 7.17. The number of carbonyl (C=O) groups excluding carboxylic acids is 1. The molecule has 1 amide bonds. The predicted molar refractivity (Wildman–Crippen MR) is 104 cm³/mol. The number of H-pyrrole nitrogens is 1. The van der Waals surface area contributed by atoms with Crippen LogP contribution in [-0.4, -0.2) is 10.9 Å². The molecule has 0 unspecified atom stereocenters. The normalized spacial score (nSPS) is 9.22. The van der Waals surface area contributed by atoms with Crippen LogP contribution in [0.25, 0.3) is 10.2 Å². The minimum atomic E-state index is -0.400. The monoisotopic (exact) mass is 334 g/mol. The SMILES string of the molecule is CC.CC.O=C(Nc1ccccc1)c1c[nH]c2ccsc2c1=O.[HH].[HH]. The first-order chi connectivity index (χ1) is 11.3. The number of nitrogens with one attached hydrogen (secondary N) is 2. The Kier molecular flexibility index (Phi) is 7.77. The minimum Gasteiger partial charge on any atom is -0.359 e. The summed E-state index contributed by atoms with van der Waals surface area (Å²) in [5.74, 6) is -0.400. The van der Waals surface area contributed by atoms with Crippen molar-refractivity contribution in [1.29, 1.82) is 0 Å². The smallest absolute Gasteiger partial charge is 0.261 e. The summed E-state index contributed by atoms with van der Waals surface area (Å²) in [6, 6.07) is 10.9. The van der Waals surface area contributed by atoms with Crippen molar-refractivity contribution in [2.24, 2.45) is 0 Å². The van der Waals surface area contributed by atoms with Gasteiger partial charge in [-0.1, -0.05) is 45.9 Å². The van der Waals surface area contributed by atoms with Crippen molar-refractivity contribution in [2.75, 3.05) is 5.32 Å². The van der Waals surface area contributed by atoms with Gasteiger partial charge < -0.3 is 10.3 Å². The molecule has 0 aliphatic heterocycles. The van der Waals surface area contributed by atoms with Crippen LogP contribution < -0.4 is 10.7 Å². The molecule has 0 radical (unpaired) electrons. The third-order valence-electron chi connectivity index (χ3n) is 2.76. The number of amides is 1. The maximum atomic E-state index is 12.2. The summed E-state index contributed by atoms with van der Waals surface area (Å²) in [6.45, 7) is 8.00. The number of benzene rings is 1. The van der Waals surface area contributed by atoms with Gasteiger partial charge in [-0.2, -0.15) is 0 Å². The second-order valence-electron chi connectivity index (χ2n) is 4.02. The van der Waals surface area contributed by atoms with Gasteiger partial charge >= 0.3 is 0 Å². The average molecular weight is 334 g/mol. The van der Waals surface area contributed by atoms with E-state index in [1.165, 1.54) is 17.5 Å². The van der Waals surface area contributed by atoms with Crippen LogP contribution in [0.4, 0.5) is 5.69 Å². The lowest BCUT2D eigenvalue weighted by Gasteiger charge is -2.04. The van der Waals surface area contributed by atoms with Crippen LogP contribution >= 0.6 is 11.3 Å². The van der Waals surface area contributed by atoms with Crippen molar-refractivity contribution in [1.82, 2.24) is 4.98 Å². The Morgan fingerprint density at radius 3 is 2.39 bits per heavy atom. The molecule has 1 aromatic carbocycles. The maximum absolute atomic E-state index is 12.2.